The summed E-state index contributed by atoms with van der Waals surface area (Å²) in [6, 6.07) is 20.3. The van der Waals surface area contributed by atoms with E-state index in [-0.39, 0.29) is 33.6 Å². The number of carbonyl (C=O) groups is 1. The number of nitrogens with zero attached hydrogens (tertiary/aromatic N) is 3. The van der Waals surface area contributed by atoms with E-state index in [9.17, 15) is 27.7 Å². The molecule has 0 bridgehead atoms. The van der Waals surface area contributed by atoms with Crippen LogP contribution in [0.1, 0.15) is 15.9 Å². The van der Waals surface area contributed by atoms with Crippen molar-refractivity contribution >= 4 is 97.1 Å². The van der Waals surface area contributed by atoms with E-state index in [0.717, 1.165) is 16.2 Å². The Morgan fingerprint density at radius 2 is 1.41 bits per heavy atom. The molecule has 7 rings (SSSR count). The maximum atomic E-state index is 14.0. The van der Waals surface area contributed by atoms with Crippen LogP contribution in [0.3, 0.4) is 0 Å². The molecule has 0 aliphatic heterocycles. The van der Waals surface area contributed by atoms with Gasteiger partial charge in [0.1, 0.15) is 11.6 Å². The van der Waals surface area contributed by atoms with Crippen LogP contribution >= 0.6 is 35.9 Å². The second-order valence-electron chi connectivity index (χ2n) is 11.0. The van der Waals surface area contributed by atoms with Gasteiger partial charge in [0, 0.05) is 40.5 Å². The first kappa shape index (κ1) is 37.0. The van der Waals surface area contributed by atoms with Crippen molar-refractivity contribution in [3.63, 3.8) is 0 Å². The summed E-state index contributed by atoms with van der Waals surface area (Å²) in [6.45, 7) is 0. The highest BCUT2D eigenvalue weighted by molar-refractivity contribution is 7.95. The second-order valence-corrected chi connectivity index (χ2v) is 14.3. The van der Waals surface area contributed by atoms with Crippen LogP contribution in [-0.2, 0) is 28.9 Å². The van der Waals surface area contributed by atoms with Crippen molar-refractivity contribution in [2.45, 2.75) is 14.7 Å². The van der Waals surface area contributed by atoms with Crippen molar-refractivity contribution in [3.05, 3.63) is 106 Å². The minimum absolute atomic E-state index is 0.0163. The molecule has 22 heteroatoms. The summed E-state index contributed by atoms with van der Waals surface area (Å²) in [5.74, 6) is -0.312. The molecule has 6 aromatic rings. The molecule has 4 aromatic carbocycles. The van der Waals surface area contributed by atoms with Crippen LogP contribution in [0, 0.1) is 0 Å². The van der Waals surface area contributed by atoms with E-state index in [4.69, 9.17) is 26.6 Å². The fraction of sp³-hybridized carbons (Fsp3) is 0. The Kier molecular flexibility index (Phi) is 10.4. The van der Waals surface area contributed by atoms with Crippen LogP contribution in [0.5, 0.6) is 6.01 Å². The third kappa shape index (κ3) is 7.41. The number of anilines is 6. The Morgan fingerprint density at radius 3 is 2.13 bits per heavy atom. The van der Waals surface area contributed by atoms with Crippen LogP contribution in [0.15, 0.2) is 104 Å². The molecule has 0 saturated carbocycles. The van der Waals surface area contributed by atoms with E-state index in [2.05, 4.69) is 40.3 Å². The van der Waals surface area contributed by atoms with Gasteiger partial charge in [0.25, 0.3) is 15.7 Å². The van der Waals surface area contributed by atoms with Gasteiger partial charge in [-0.15, -0.1) is 8.67 Å². The van der Waals surface area contributed by atoms with Gasteiger partial charge in [-0.05, 0) is 59.7 Å². The van der Waals surface area contributed by atoms with Crippen LogP contribution in [0.2, 0.25) is 0 Å². The zero-order chi connectivity index (χ0) is 38.1. The van der Waals surface area contributed by atoms with Gasteiger partial charge in [-0.2, -0.15) is 18.4 Å². The molecule has 0 atom stereocenters. The van der Waals surface area contributed by atoms with Crippen LogP contribution in [0.25, 0.3) is 22.0 Å². The predicted octanol–water partition coefficient (Wildman–Crippen LogP) is 7.04. The zero-order valence-corrected chi connectivity index (χ0v) is 29.8. The molecule has 0 spiro atoms. The van der Waals surface area contributed by atoms with Crippen molar-refractivity contribution in [2.24, 2.45) is 0 Å². The summed E-state index contributed by atoms with van der Waals surface area (Å²) in [4.78, 5) is 34.6. The molecule has 2 heterocycles. The van der Waals surface area contributed by atoms with Gasteiger partial charge < -0.3 is 21.1 Å². The number of halogens is 1. The molecular formula is C32H21ClN6O12S3. The molecule has 0 fully saturated rings. The number of aromatic hydroxyl groups is 1. The van der Waals surface area contributed by atoms with E-state index in [0.29, 0.717) is 73.6 Å². The number of benzene rings is 4. The molecule has 2 aromatic heterocycles. The fourth-order valence-electron chi connectivity index (χ4n) is 5.71. The molecule has 18 nitrogen and oxygen atoms in total. The quantitative estimate of drug-likeness (QED) is 0.0267. The summed E-state index contributed by atoms with van der Waals surface area (Å²) in [5.41, 5.74) is 2.82. The van der Waals surface area contributed by atoms with Crippen molar-refractivity contribution < 1.29 is 52.1 Å². The summed E-state index contributed by atoms with van der Waals surface area (Å²) in [5, 5.41) is 44.8. The minimum Gasteiger partial charge on any atom is -0.479 e. The topological polar surface area (TPSA) is 253 Å². The SMILES string of the molecule is O=C1c2ccccc2-c2cc(=O)n(Cl)c3ccc(Nc4ccc(Nc5cc(Nc6cc(S(=O)(=O)O)ccc6SOOO)nc(O)n5)cc4SOOO)c1c23. The van der Waals surface area contributed by atoms with Gasteiger partial charge >= 0.3 is 6.01 Å². The Morgan fingerprint density at radius 1 is 0.722 bits per heavy atom. The standard InChI is InChI=1S/C32H21ClN6O12S3/c33-39-23-9-8-21(30-29(23)19(13-28(39)40)17-3-1-2-4-18(17)31(30)41)35-20-7-5-15(11-25(20)53-51-49-44)34-26-14-27(38-32(42)37-26)36-22-12-16(54(45,46)47)6-10-24(22)52-50-48-43/h1-14,35,43-44H,(H,45,46,47)(H3,34,36,37,38,42). The fourth-order valence-corrected chi connectivity index (χ4v) is 7.32. The lowest BCUT2D eigenvalue weighted by molar-refractivity contribution is -0.432. The summed E-state index contributed by atoms with van der Waals surface area (Å²) in [7, 11) is -4.62. The van der Waals surface area contributed by atoms with Gasteiger partial charge in [-0.25, -0.2) is 14.6 Å². The third-order valence-corrected chi connectivity index (χ3v) is 10.4. The number of aromatic nitrogens is 3. The molecule has 54 heavy (non-hydrogen) atoms. The lowest BCUT2D eigenvalue weighted by atomic mass is 9.83. The number of hydrogen-bond acceptors (Lipinski definition) is 18. The van der Waals surface area contributed by atoms with Gasteiger partial charge in [-0.1, -0.05) is 34.3 Å². The average molecular weight is 813 g/mol. The first-order valence-corrected chi connectivity index (χ1v) is 18.2. The Hall–Kier alpha value is -5.30. The minimum atomic E-state index is -4.62. The van der Waals surface area contributed by atoms with Crippen LogP contribution in [-0.4, -0.2) is 48.4 Å². The predicted molar refractivity (Wildman–Crippen MR) is 196 cm³/mol. The first-order valence-electron chi connectivity index (χ1n) is 14.9. The summed E-state index contributed by atoms with van der Waals surface area (Å²) in [6.07, 6.45) is 0. The Labute approximate surface area is 316 Å². The Bertz CT molecular complexity index is 2650. The average Bonchev–Trinajstić information content (AvgIpc) is 3.14. The van der Waals surface area contributed by atoms with E-state index in [1.807, 2.05) is 0 Å². The maximum absolute atomic E-state index is 14.0. The van der Waals surface area contributed by atoms with Crippen LogP contribution in [0.4, 0.5) is 34.4 Å². The second kappa shape index (κ2) is 15.2. The lowest BCUT2D eigenvalue weighted by Crippen LogP contribution is -2.19. The molecule has 276 valence electrons. The van der Waals surface area contributed by atoms with E-state index < -0.39 is 26.6 Å². The molecule has 0 saturated heterocycles. The molecule has 0 amide bonds. The molecule has 0 radical (unpaired) electrons. The van der Waals surface area contributed by atoms with Crippen molar-refractivity contribution in [3.8, 4) is 17.1 Å². The number of nitrogens with one attached hydrogen (secondary N) is 3. The smallest absolute Gasteiger partial charge is 0.317 e. The summed E-state index contributed by atoms with van der Waals surface area (Å²) < 4.78 is 43.2. The van der Waals surface area contributed by atoms with E-state index in [1.165, 1.54) is 18.2 Å². The van der Waals surface area contributed by atoms with Gasteiger partial charge in [-0.3, -0.25) is 14.1 Å². The maximum Gasteiger partial charge on any atom is 0.317 e. The Balaban J connectivity index is 1.22. The molecule has 1 aliphatic rings. The lowest BCUT2D eigenvalue weighted by Gasteiger charge is -2.23. The molecule has 0 unspecified atom stereocenters. The number of fused-ring (bicyclic) bond motifs is 2. The normalized spacial score (nSPS) is 12.1. The molecule has 7 N–H and O–H groups in total. The number of pyridine rings is 1. The first-order chi connectivity index (χ1) is 25.9. The van der Waals surface area contributed by atoms with Crippen molar-refractivity contribution in [1.29, 1.82) is 0 Å². The number of hydrogen-bond donors (Lipinski definition) is 7. The van der Waals surface area contributed by atoms with Gasteiger partial charge in [0.2, 0.25) is 0 Å². The van der Waals surface area contributed by atoms with Gasteiger partial charge in [0.15, 0.2) is 5.78 Å². The van der Waals surface area contributed by atoms with Crippen molar-refractivity contribution in [1.82, 2.24) is 14.1 Å². The van der Waals surface area contributed by atoms with E-state index in [1.54, 1.807) is 54.6 Å². The third-order valence-electron chi connectivity index (χ3n) is 7.87. The van der Waals surface area contributed by atoms with Crippen molar-refractivity contribution in [2.75, 3.05) is 16.0 Å². The zero-order valence-electron chi connectivity index (χ0n) is 26.6. The number of carbonyl (C=O) groups excluding carboxylic acids is 1. The monoisotopic (exact) mass is 812 g/mol. The van der Waals surface area contributed by atoms with Crippen LogP contribution < -0.4 is 21.5 Å². The number of ketones is 1. The molecular weight excluding hydrogens is 792 g/mol. The highest BCUT2D eigenvalue weighted by Crippen LogP contribution is 2.43. The summed E-state index contributed by atoms with van der Waals surface area (Å²) >= 11 is 7.44. The highest BCUT2D eigenvalue weighted by Gasteiger charge is 2.29. The highest BCUT2D eigenvalue weighted by atomic mass is 35.5. The van der Waals surface area contributed by atoms with Gasteiger partial charge in [0.05, 0.1) is 66.9 Å². The largest absolute Gasteiger partial charge is 0.479 e. The van der Waals surface area contributed by atoms with E-state index >= 15 is 0 Å². The molecule has 1 aliphatic carbocycles. The number of rotatable bonds is 13.